The fourth-order valence-corrected chi connectivity index (χ4v) is 4.64. The van der Waals surface area contributed by atoms with Gasteiger partial charge in [-0.1, -0.05) is 116 Å². The lowest BCUT2D eigenvalue weighted by Gasteiger charge is -2.23. The number of hydrogen-bond acceptors (Lipinski definition) is 4. The van der Waals surface area contributed by atoms with Crippen LogP contribution in [0.1, 0.15) is 24.8 Å². The van der Waals surface area contributed by atoms with E-state index in [1.807, 2.05) is 121 Å². The number of carbonyl (C=O) groups excluding carboxylic acids is 1. The zero-order chi connectivity index (χ0) is 26.9. The highest BCUT2D eigenvalue weighted by molar-refractivity contribution is 5.78. The van der Waals surface area contributed by atoms with Crippen molar-refractivity contribution in [1.82, 2.24) is 9.78 Å². The van der Waals surface area contributed by atoms with Gasteiger partial charge in [0.2, 0.25) is 0 Å². The third-order valence-electron chi connectivity index (χ3n) is 6.65. The molecule has 5 heteroatoms. The molecular weight excluding hydrogens is 484 g/mol. The van der Waals surface area contributed by atoms with E-state index in [-0.39, 0.29) is 18.5 Å². The number of hydrogen-bond donors (Lipinski definition) is 0. The molecule has 4 aromatic carbocycles. The molecule has 0 aliphatic heterocycles. The Kier molecular flexibility index (Phi) is 8.49. The highest BCUT2D eigenvalue weighted by Gasteiger charge is 2.26. The van der Waals surface area contributed by atoms with Crippen LogP contribution in [-0.4, -0.2) is 28.5 Å². The maximum absolute atomic E-state index is 13.5. The second kappa shape index (κ2) is 12.7. The van der Waals surface area contributed by atoms with Crippen molar-refractivity contribution in [3.05, 3.63) is 133 Å². The smallest absolute Gasteiger partial charge is 0.313 e. The minimum Gasteiger partial charge on any atom is -0.490 e. The van der Waals surface area contributed by atoms with Gasteiger partial charge in [0.25, 0.3) is 0 Å². The number of aromatic nitrogens is 2. The van der Waals surface area contributed by atoms with Gasteiger partial charge in [-0.25, -0.2) is 0 Å². The topological polar surface area (TPSA) is 53.4 Å². The summed E-state index contributed by atoms with van der Waals surface area (Å²) < 4.78 is 14.2. The van der Waals surface area contributed by atoms with Gasteiger partial charge in [0.15, 0.2) is 6.10 Å². The van der Waals surface area contributed by atoms with E-state index < -0.39 is 6.10 Å². The van der Waals surface area contributed by atoms with Crippen molar-refractivity contribution in [3.8, 4) is 28.3 Å². The van der Waals surface area contributed by atoms with Crippen LogP contribution < -0.4 is 4.74 Å². The molecule has 0 N–H and O–H groups in total. The number of carbonyl (C=O) groups is 1. The standard InChI is InChI=1S/C34H32N2O3/c1-2-31(26-15-7-3-8-16-26)34(37)39-30(25-38-29-21-13-6-14-22-29)24-36-33(28-19-11-5-12-20-28)23-32(35-36)27-17-9-4-10-18-27/h3-23,30-31H,2,24-25H2,1H3. The summed E-state index contributed by atoms with van der Waals surface area (Å²) in [6.45, 7) is 2.55. The van der Waals surface area contributed by atoms with E-state index in [1.165, 1.54) is 0 Å². The molecule has 0 saturated heterocycles. The van der Waals surface area contributed by atoms with E-state index in [9.17, 15) is 4.79 Å². The summed E-state index contributed by atoms with van der Waals surface area (Å²) in [5.74, 6) is 0.112. The van der Waals surface area contributed by atoms with Crippen LogP contribution in [0.4, 0.5) is 0 Å². The molecule has 5 nitrogen and oxygen atoms in total. The second-order valence-corrected chi connectivity index (χ2v) is 9.38. The van der Waals surface area contributed by atoms with Crippen LogP contribution in [0, 0.1) is 0 Å². The first-order valence-corrected chi connectivity index (χ1v) is 13.3. The average Bonchev–Trinajstić information content (AvgIpc) is 3.42. The Labute approximate surface area is 229 Å². The predicted octanol–water partition coefficient (Wildman–Crippen LogP) is 7.40. The Hall–Kier alpha value is -4.64. The van der Waals surface area contributed by atoms with Gasteiger partial charge >= 0.3 is 5.97 Å². The van der Waals surface area contributed by atoms with Gasteiger partial charge in [-0.05, 0) is 35.7 Å². The van der Waals surface area contributed by atoms with Crippen molar-refractivity contribution < 1.29 is 14.3 Å². The lowest BCUT2D eigenvalue weighted by atomic mass is 9.97. The molecule has 0 bridgehead atoms. The summed E-state index contributed by atoms with van der Waals surface area (Å²) in [7, 11) is 0. The summed E-state index contributed by atoms with van der Waals surface area (Å²) in [5, 5.41) is 4.95. The van der Waals surface area contributed by atoms with Gasteiger partial charge in [-0.3, -0.25) is 9.48 Å². The van der Waals surface area contributed by atoms with Crippen LogP contribution in [0.5, 0.6) is 5.75 Å². The van der Waals surface area contributed by atoms with Crippen LogP contribution in [0.2, 0.25) is 0 Å². The molecule has 0 saturated carbocycles. The van der Waals surface area contributed by atoms with Crippen LogP contribution in [0.3, 0.4) is 0 Å². The molecule has 0 amide bonds. The van der Waals surface area contributed by atoms with Gasteiger partial charge in [0.05, 0.1) is 23.9 Å². The van der Waals surface area contributed by atoms with Crippen LogP contribution >= 0.6 is 0 Å². The maximum atomic E-state index is 13.5. The monoisotopic (exact) mass is 516 g/mol. The largest absolute Gasteiger partial charge is 0.490 e. The average molecular weight is 517 g/mol. The fraction of sp³-hybridized carbons (Fsp3) is 0.176. The first-order chi connectivity index (χ1) is 19.2. The zero-order valence-corrected chi connectivity index (χ0v) is 22.0. The third-order valence-corrected chi connectivity index (χ3v) is 6.65. The molecule has 0 spiro atoms. The molecule has 0 fully saturated rings. The van der Waals surface area contributed by atoms with E-state index >= 15 is 0 Å². The highest BCUT2D eigenvalue weighted by atomic mass is 16.6. The van der Waals surface area contributed by atoms with Crippen molar-refractivity contribution in [2.75, 3.05) is 6.61 Å². The van der Waals surface area contributed by atoms with Crippen molar-refractivity contribution in [2.45, 2.75) is 31.9 Å². The van der Waals surface area contributed by atoms with Crippen molar-refractivity contribution in [2.24, 2.45) is 0 Å². The van der Waals surface area contributed by atoms with E-state index in [2.05, 4.69) is 18.2 Å². The second-order valence-electron chi connectivity index (χ2n) is 9.38. The van der Waals surface area contributed by atoms with Gasteiger partial charge < -0.3 is 9.47 Å². The normalized spacial score (nSPS) is 12.4. The van der Waals surface area contributed by atoms with Gasteiger partial charge in [-0.2, -0.15) is 5.10 Å². The predicted molar refractivity (Wildman–Crippen MR) is 154 cm³/mol. The lowest BCUT2D eigenvalue weighted by Crippen LogP contribution is -2.32. The molecule has 0 radical (unpaired) electrons. The summed E-state index contributed by atoms with van der Waals surface area (Å²) in [4.78, 5) is 13.5. The molecule has 2 atom stereocenters. The van der Waals surface area contributed by atoms with Gasteiger partial charge in [0.1, 0.15) is 12.4 Å². The third kappa shape index (κ3) is 6.63. The molecule has 2 unspecified atom stereocenters. The molecule has 1 aromatic heterocycles. The fourth-order valence-electron chi connectivity index (χ4n) is 4.64. The van der Waals surface area contributed by atoms with Crippen molar-refractivity contribution >= 4 is 5.97 Å². The molecule has 0 aliphatic rings. The number of ether oxygens (including phenoxy) is 2. The Morgan fingerprint density at radius 2 is 1.33 bits per heavy atom. The SMILES string of the molecule is CCC(C(=O)OC(COc1ccccc1)Cn1nc(-c2ccccc2)cc1-c1ccccc1)c1ccccc1. The molecule has 196 valence electrons. The number of esters is 1. The Balaban J connectivity index is 1.45. The van der Waals surface area contributed by atoms with E-state index in [1.54, 1.807) is 0 Å². The van der Waals surface area contributed by atoms with E-state index in [0.29, 0.717) is 13.0 Å². The van der Waals surface area contributed by atoms with Gasteiger partial charge in [-0.15, -0.1) is 0 Å². The van der Waals surface area contributed by atoms with Crippen LogP contribution in [0.25, 0.3) is 22.5 Å². The Morgan fingerprint density at radius 3 is 1.95 bits per heavy atom. The molecular formula is C34H32N2O3. The lowest BCUT2D eigenvalue weighted by molar-refractivity contribution is -0.153. The molecule has 5 rings (SSSR count). The molecule has 39 heavy (non-hydrogen) atoms. The number of rotatable bonds is 11. The molecule has 5 aromatic rings. The Bertz CT molecular complexity index is 1450. The van der Waals surface area contributed by atoms with E-state index in [0.717, 1.165) is 33.8 Å². The molecule has 0 aliphatic carbocycles. The van der Waals surface area contributed by atoms with E-state index in [4.69, 9.17) is 14.6 Å². The first-order valence-electron chi connectivity index (χ1n) is 13.3. The minimum atomic E-state index is -0.554. The van der Waals surface area contributed by atoms with Crippen molar-refractivity contribution in [1.29, 1.82) is 0 Å². The summed E-state index contributed by atoms with van der Waals surface area (Å²) in [6, 6.07) is 41.7. The molecule has 1 heterocycles. The van der Waals surface area contributed by atoms with Crippen molar-refractivity contribution in [3.63, 3.8) is 0 Å². The summed E-state index contributed by atoms with van der Waals surface area (Å²) in [6.07, 6.45) is 0.0889. The maximum Gasteiger partial charge on any atom is 0.313 e. The zero-order valence-electron chi connectivity index (χ0n) is 22.0. The van der Waals surface area contributed by atoms with Crippen LogP contribution in [-0.2, 0) is 16.1 Å². The summed E-state index contributed by atoms with van der Waals surface area (Å²) in [5.41, 5.74) is 4.82. The Morgan fingerprint density at radius 1 is 0.769 bits per heavy atom. The quantitative estimate of drug-likeness (QED) is 0.172. The number of benzene rings is 4. The minimum absolute atomic E-state index is 0.204. The number of para-hydroxylation sites is 1. The summed E-state index contributed by atoms with van der Waals surface area (Å²) >= 11 is 0. The van der Waals surface area contributed by atoms with Gasteiger partial charge in [0, 0.05) is 5.56 Å². The first kappa shape index (κ1) is 26.0. The van der Waals surface area contributed by atoms with Crippen LogP contribution in [0.15, 0.2) is 127 Å². The number of nitrogens with zero attached hydrogens (tertiary/aromatic N) is 2. The highest BCUT2D eigenvalue weighted by Crippen LogP contribution is 2.28.